The van der Waals surface area contributed by atoms with Crippen molar-refractivity contribution in [2.75, 3.05) is 6.61 Å². The Balaban J connectivity index is 2.58. The summed E-state index contributed by atoms with van der Waals surface area (Å²) in [5.41, 5.74) is 0.0950. The molecule has 0 saturated carbocycles. The van der Waals surface area contributed by atoms with E-state index >= 15 is 0 Å². The fourth-order valence-corrected chi connectivity index (χ4v) is 1.24. The van der Waals surface area contributed by atoms with Gasteiger partial charge in [0.05, 0.1) is 0 Å². The van der Waals surface area contributed by atoms with Gasteiger partial charge in [-0.05, 0) is 11.6 Å². The Morgan fingerprint density at radius 3 is 2.55 bits per heavy atom. The van der Waals surface area contributed by atoms with Gasteiger partial charge in [-0.25, -0.2) is 4.98 Å². The second kappa shape index (κ2) is 6.11. The Morgan fingerprint density at radius 1 is 1.35 bits per heavy atom. The molecule has 0 aliphatic heterocycles. The zero-order valence-electron chi connectivity index (χ0n) is 11.5. The van der Waals surface area contributed by atoms with Crippen molar-refractivity contribution in [1.82, 2.24) is 10.3 Å². The van der Waals surface area contributed by atoms with E-state index in [0.717, 1.165) is 0 Å². The van der Waals surface area contributed by atoms with Crippen LogP contribution in [0.1, 0.15) is 26.3 Å². The van der Waals surface area contributed by atoms with Crippen molar-refractivity contribution in [2.45, 2.75) is 33.5 Å². The van der Waals surface area contributed by atoms with Crippen LogP contribution in [0, 0.1) is 5.41 Å². The van der Waals surface area contributed by atoms with E-state index in [4.69, 9.17) is 0 Å². The summed E-state index contributed by atoms with van der Waals surface area (Å²) in [5.74, 6) is -0.267. The van der Waals surface area contributed by atoms with Gasteiger partial charge in [0.1, 0.15) is 0 Å². The molecule has 7 heteroatoms. The Bertz CT molecular complexity index is 467. The summed E-state index contributed by atoms with van der Waals surface area (Å²) in [6, 6.07) is 2.97. The first-order valence-electron chi connectivity index (χ1n) is 6.01. The van der Waals surface area contributed by atoms with E-state index in [9.17, 15) is 18.0 Å². The number of nitrogens with zero attached hydrogens (tertiary/aromatic N) is 1. The minimum Gasteiger partial charge on any atom is -0.468 e. The second-order valence-corrected chi connectivity index (χ2v) is 5.34. The highest BCUT2D eigenvalue weighted by atomic mass is 19.4. The summed E-state index contributed by atoms with van der Waals surface area (Å²) in [5, 5.41) is 2.69. The molecule has 1 heterocycles. The van der Waals surface area contributed by atoms with Crippen LogP contribution in [-0.2, 0) is 11.3 Å². The number of amides is 1. The number of hydrogen-bond donors (Lipinski definition) is 1. The maximum absolute atomic E-state index is 12.0. The van der Waals surface area contributed by atoms with Crippen LogP contribution in [0.2, 0.25) is 0 Å². The predicted molar refractivity (Wildman–Crippen MR) is 67.1 cm³/mol. The standard InChI is InChI=1S/C13H17F3N2O2/c1-12(2,3)11(19)18-7-9-4-5-17-10(6-9)20-8-13(14,15)16/h4-6H,7-8H2,1-3H3,(H,18,19). The lowest BCUT2D eigenvalue weighted by Crippen LogP contribution is -2.34. The van der Waals surface area contributed by atoms with Crippen LogP contribution in [0.5, 0.6) is 5.88 Å². The van der Waals surface area contributed by atoms with Gasteiger partial charge in [-0.15, -0.1) is 0 Å². The molecule has 0 radical (unpaired) electrons. The molecule has 112 valence electrons. The van der Waals surface area contributed by atoms with Crippen LogP contribution in [0.25, 0.3) is 0 Å². The van der Waals surface area contributed by atoms with Crippen molar-refractivity contribution in [3.05, 3.63) is 23.9 Å². The Morgan fingerprint density at radius 2 is 2.00 bits per heavy atom. The van der Waals surface area contributed by atoms with Crippen LogP contribution in [-0.4, -0.2) is 23.7 Å². The zero-order valence-corrected chi connectivity index (χ0v) is 11.5. The van der Waals surface area contributed by atoms with Crippen molar-refractivity contribution < 1.29 is 22.7 Å². The highest BCUT2D eigenvalue weighted by Crippen LogP contribution is 2.18. The van der Waals surface area contributed by atoms with Gasteiger partial charge in [-0.3, -0.25) is 4.79 Å². The molecule has 0 aromatic carbocycles. The lowest BCUT2D eigenvalue weighted by atomic mass is 9.95. The third-order valence-electron chi connectivity index (χ3n) is 2.32. The third kappa shape index (κ3) is 5.90. The molecule has 1 rings (SSSR count). The number of ether oxygens (including phenoxy) is 1. The number of pyridine rings is 1. The van der Waals surface area contributed by atoms with E-state index in [1.165, 1.54) is 12.3 Å². The van der Waals surface area contributed by atoms with Gasteiger partial charge in [-0.1, -0.05) is 20.8 Å². The zero-order chi connectivity index (χ0) is 15.4. The number of halogens is 3. The lowest BCUT2D eigenvalue weighted by Gasteiger charge is -2.17. The Labute approximate surface area is 115 Å². The number of carbonyl (C=O) groups excluding carboxylic acids is 1. The normalized spacial score (nSPS) is 12.1. The predicted octanol–water partition coefficient (Wildman–Crippen LogP) is 2.69. The molecule has 20 heavy (non-hydrogen) atoms. The van der Waals surface area contributed by atoms with Crippen molar-refractivity contribution in [1.29, 1.82) is 0 Å². The molecule has 0 unspecified atom stereocenters. The smallest absolute Gasteiger partial charge is 0.422 e. The highest BCUT2D eigenvalue weighted by Gasteiger charge is 2.28. The van der Waals surface area contributed by atoms with Gasteiger partial charge in [0.2, 0.25) is 11.8 Å². The summed E-state index contributed by atoms with van der Waals surface area (Å²) in [7, 11) is 0. The molecule has 0 spiro atoms. The average Bonchev–Trinajstić information content (AvgIpc) is 2.32. The second-order valence-electron chi connectivity index (χ2n) is 5.34. The first kappa shape index (κ1) is 16.3. The number of nitrogens with one attached hydrogen (secondary N) is 1. The van der Waals surface area contributed by atoms with Crippen molar-refractivity contribution in [2.24, 2.45) is 5.41 Å². The minimum atomic E-state index is -4.40. The number of alkyl halides is 3. The SMILES string of the molecule is CC(C)(C)C(=O)NCc1ccnc(OCC(F)(F)F)c1. The van der Waals surface area contributed by atoms with Crippen LogP contribution in [0.4, 0.5) is 13.2 Å². The molecule has 1 N–H and O–H groups in total. The maximum atomic E-state index is 12.0. The van der Waals surface area contributed by atoms with Crippen LogP contribution in [0.3, 0.4) is 0 Å². The van der Waals surface area contributed by atoms with Crippen LogP contribution < -0.4 is 10.1 Å². The Hall–Kier alpha value is -1.79. The molecular formula is C13H17F3N2O2. The van der Waals surface area contributed by atoms with Crippen molar-refractivity contribution in [3.8, 4) is 5.88 Å². The van der Waals surface area contributed by atoms with Crippen molar-refractivity contribution in [3.63, 3.8) is 0 Å². The fourth-order valence-electron chi connectivity index (χ4n) is 1.24. The molecule has 1 aromatic heterocycles. The van der Waals surface area contributed by atoms with Crippen molar-refractivity contribution >= 4 is 5.91 Å². The minimum absolute atomic E-state index is 0.121. The molecular weight excluding hydrogens is 273 g/mol. The summed E-state index contributed by atoms with van der Waals surface area (Å²) < 4.78 is 40.6. The lowest BCUT2D eigenvalue weighted by molar-refractivity contribution is -0.154. The van der Waals surface area contributed by atoms with Gasteiger partial charge < -0.3 is 10.1 Å². The maximum Gasteiger partial charge on any atom is 0.422 e. The third-order valence-corrected chi connectivity index (χ3v) is 2.32. The monoisotopic (exact) mass is 290 g/mol. The number of carbonyl (C=O) groups is 1. The quantitative estimate of drug-likeness (QED) is 0.927. The number of rotatable bonds is 4. The molecule has 4 nitrogen and oxygen atoms in total. The first-order valence-corrected chi connectivity index (χ1v) is 6.01. The van der Waals surface area contributed by atoms with E-state index in [0.29, 0.717) is 5.56 Å². The molecule has 0 fully saturated rings. The molecule has 0 atom stereocenters. The summed E-state index contributed by atoms with van der Waals surface area (Å²) in [6.07, 6.45) is -3.07. The van der Waals surface area contributed by atoms with E-state index in [-0.39, 0.29) is 18.3 Å². The number of aromatic nitrogens is 1. The molecule has 0 bridgehead atoms. The topological polar surface area (TPSA) is 51.2 Å². The van der Waals surface area contributed by atoms with Crippen LogP contribution >= 0.6 is 0 Å². The molecule has 0 saturated heterocycles. The molecule has 1 aromatic rings. The highest BCUT2D eigenvalue weighted by molar-refractivity contribution is 5.81. The largest absolute Gasteiger partial charge is 0.468 e. The van der Waals surface area contributed by atoms with Gasteiger partial charge in [-0.2, -0.15) is 13.2 Å². The summed E-state index contributed by atoms with van der Waals surface area (Å²) in [6.45, 7) is 4.13. The Kier molecular flexibility index (Phi) is 4.97. The van der Waals surface area contributed by atoms with Gasteiger partial charge >= 0.3 is 6.18 Å². The van der Waals surface area contributed by atoms with Gasteiger partial charge in [0.15, 0.2) is 6.61 Å². The van der Waals surface area contributed by atoms with Gasteiger partial charge in [0.25, 0.3) is 0 Å². The average molecular weight is 290 g/mol. The van der Waals surface area contributed by atoms with E-state index in [2.05, 4.69) is 15.0 Å². The molecule has 0 aliphatic rings. The van der Waals surface area contributed by atoms with E-state index in [1.807, 2.05) is 0 Å². The van der Waals surface area contributed by atoms with E-state index in [1.54, 1.807) is 26.8 Å². The summed E-state index contributed by atoms with van der Waals surface area (Å²) in [4.78, 5) is 15.4. The molecule has 1 amide bonds. The fraction of sp³-hybridized carbons (Fsp3) is 0.538. The number of hydrogen-bond acceptors (Lipinski definition) is 3. The van der Waals surface area contributed by atoms with Gasteiger partial charge in [0, 0.05) is 24.2 Å². The van der Waals surface area contributed by atoms with E-state index < -0.39 is 18.2 Å². The molecule has 0 aliphatic carbocycles. The summed E-state index contributed by atoms with van der Waals surface area (Å²) >= 11 is 0. The first-order chi connectivity index (χ1) is 9.08. The van der Waals surface area contributed by atoms with Crippen LogP contribution in [0.15, 0.2) is 18.3 Å².